The summed E-state index contributed by atoms with van der Waals surface area (Å²) < 4.78 is 1.72. The molecule has 0 spiro atoms. The second-order valence-corrected chi connectivity index (χ2v) is 3.60. The predicted molar refractivity (Wildman–Crippen MR) is 51.0 cm³/mol. The van der Waals surface area contributed by atoms with Crippen molar-refractivity contribution in [3.63, 3.8) is 0 Å². The molecule has 0 N–H and O–H groups in total. The molecule has 14 heavy (non-hydrogen) atoms. The van der Waals surface area contributed by atoms with Gasteiger partial charge >= 0.3 is 0 Å². The molecule has 7 heteroatoms. The molecule has 0 amide bonds. The lowest BCUT2D eigenvalue weighted by Gasteiger charge is -1.92. The second kappa shape index (κ2) is 3.18. The van der Waals surface area contributed by atoms with E-state index in [0.29, 0.717) is 5.82 Å². The van der Waals surface area contributed by atoms with Gasteiger partial charge in [0.25, 0.3) is 5.69 Å². The minimum atomic E-state index is -0.420. The highest BCUT2D eigenvalue weighted by Crippen LogP contribution is 2.28. The molecule has 0 aliphatic heterocycles. The molecule has 0 saturated carbocycles. The summed E-state index contributed by atoms with van der Waals surface area (Å²) in [6.45, 7) is 0. The fourth-order valence-corrected chi connectivity index (χ4v) is 1.93. The summed E-state index contributed by atoms with van der Waals surface area (Å²) >= 11 is 1.28. The number of nitrogens with zero attached hydrogens (tertiary/aromatic N) is 4. The van der Waals surface area contributed by atoms with Crippen LogP contribution in [-0.2, 0) is 7.05 Å². The van der Waals surface area contributed by atoms with Crippen LogP contribution < -0.4 is 0 Å². The second-order valence-electron chi connectivity index (χ2n) is 2.69. The highest BCUT2D eigenvalue weighted by Gasteiger charge is 2.13. The predicted octanol–water partition coefficient (Wildman–Crippen LogP) is 1.45. The summed E-state index contributed by atoms with van der Waals surface area (Å²) in [4.78, 5) is 10.8. The minimum Gasteiger partial charge on any atom is -0.316 e. The lowest BCUT2D eigenvalue weighted by Crippen LogP contribution is -1.88. The number of hydrogen-bond donors (Lipinski definition) is 0. The highest BCUT2D eigenvalue weighted by atomic mass is 32.1. The molecule has 0 aromatic carbocycles. The van der Waals surface area contributed by atoms with Gasteiger partial charge in [0.05, 0.1) is 15.2 Å². The Labute approximate surface area is 83.0 Å². The molecule has 0 saturated heterocycles. The Bertz CT molecular complexity index is 475. The zero-order valence-electron chi connectivity index (χ0n) is 7.25. The van der Waals surface area contributed by atoms with Crippen LogP contribution in [0.4, 0.5) is 5.69 Å². The van der Waals surface area contributed by atoms with Crippen molar-refractivity contribution in [2.24, 2.45) is 7.05 Å². The number of aryl methyl sites for hydroxylation is 1. The van der Waals surface area contributed by atoms with Gasteiger partial charge in [0.15, 0.2) is 5.82 Å². The van der Waals surface area contributed by atoms with Crippen molar-refractivity contribution in [3.8, 4) is 10.7 Å². The van der Waals surface area contributed by atoms with Crippen molar-refractivity contribution in [1.29, 1.82) is 0 Å². The van der Waals surface area contributed by atoms with E-state index >= 15 is 0 Å². The monoisotopic (exact) mass is 210 g/mol. The molecule has 6 nitrogen and oxygen atoms in total. The lowest BCUT2D eigenvalue weighted by atomic mass is 10.4. The summed E-state index contributed by atoms with van der Waals surface area (Å²) in [5.74, 6) is 0.642. The zero-order valence-corrected chi connectivity index (χ0v) is 8.06. The van der Waals surface area contributed by atoms with Crippen molar-refractivity contribution in [2.75, 3.05) is 0 Å². The summed E-state index contributed by atoms with van der Waals surface area (Å²) in [7, 11) is 1.79. The zero-order chi connectivity index (χ0) is 10.1. The highest BCUT2D eigenvalue weighted by molar-refractivity contribution is 7.13. The van der Waals surface area contributed by atoms with E-state index < -0.39 is 4.92 Å². The fourth-order valence-electron chi connectivity index (χ4n) is 1.05. The quantitative estimate of drug-likeness (QED) is 0.555. The maximum atomic E-state index is 10.4. The molecule has 0 aliphatic carbocycles. The largest absolute Gasteiger partial charge is 0.316 e. The average molecular weight is 210 g/mol. The number of thiophene rings is 1. The Morgan fingerprint density at radius 1 is 1.64 bits per heavy atom. The van der Waals surface area contributed by atoms with Crippen molar-refractivity contribution in [1.82, 2.24) is 14.8 Å². The molecule has 0 fully saturated rings. The van der Waals surface area contributed by atoms with Crippen LogP contribution in [0.15, 0.2) is 17.8 Å². The lowest BCUT2D eigenvalue weighted by molar-refractivity contribution is -0.384. The Balaban J connectivity index is 2.43. The standard InChI is InChI=1S/C7H6N4O2S/c1-10-4-8-9-7(10)6-2-5(3-14-6)11(12)13/h2-4H,1H3. The van der Waals surface area contributed by atoms with Crippen molar-refractivity contribution in [3.05, 3.63) is 27.9 Å². The van der Waals surface area contributed by atoms with E-state index in [-0.39, 0.29) is 5.69 Å². The van der Waals surface area contributed by atoms with Gasteiger partial charge in [-0.3, -0.25) is 10.1 Å². The summed E-state index contributed by atoms with van der Waals surface area (Å²) in [6.07, 6.45) is 1.56. The summed E-state index contributed by atoms with van der Waals surface area (Å²) in [6, 6.07) is 1.49. The molecular weight excluding hydrogens is 204 g/mol. The van der Waals surface area contributed by atoms with E-state index in [9.17, 15) is 10.1 Å². The molecule has 0 unspecified atom stereocenters. The van der Waals surface area contributed by atoms with Gasteiger partial charge in [-0.05, 0) is 0 Å². The van der Waals surface area contributed by atoms with Gasteiger partial charge in [-0.2, -0.15) is 0 Å². The topological polar surface area (TPSA) is 73.8 Å². The van der Waals surface area contributed by atoms with E-state index in [1.54, 1.807) is 17.9 Å². The molecule has 0 atom stereocenters. The first kappa shape index (κ1) is 8.82. The van der Waals surface area contributed by atoms with E-state index in [0.717, 1.165) is 4.88 Å². The SMILES string of the molecule is Cn1cnnc1-c1cc([N+](=O)[O-])cs1. The minimum absolute atomic E-state index is 0.0907. The van der Waals surface area contributed by atoms with Crippen LogP contribution in [0.25, 0.3) is 10.7 Å². The first-order valence-corrected chi connectivity index (χ1v) is 4.64. The number of hydrogen-bond acceptors (Lipinski definition) is 5. The van der Waals surface area contributed by atoms with Crippen molar-refractivity contribution in [2.45, 2.75) is 0 Å². The first-order valence-electron chi connectivity index (χ1n) is 3.76. The molecule has 0 bridgehead atoms. The number of nitro groups is 1. The van der Waals surface area contributed by atoms with Crippen LogP contribution in [0.1, 0.15) is 0 Å². The smallest absolute Gasteiger partial charge is 0.280 e. The van der Waals surface area contributed by atoms with Crippen LogP contribution in [0, 0.1) is 10.1 Å². The molecule has 0 radical (unpaired) electrons. The third-order valence-electron chi connectivity index (χ3n) is 1.73. The maximum absolute atomic E-state index is 10.4. The molecule has 2 aromatic heterocycles. The van der Waals surface area contributed by atoms with E-state index in [1.807, 2.05) is 0 Å². The Morgan fingerprint density at radius 2 is 2.43 bits per heavy atom. The van der Waals surface area contributed by atoms with Gasteiger partial charge < -0.3 is 4.57 Å². The van der Waals surface area contributed by atoms with Crippen molar-refractivity contribution >= 4 is 17.0 Å². The molecule has 0 aliphatic rings. The van der Waals surface area contributed by atoms with Gasteiger partial charge in [0.1, 0.15) is 6.33 Å². The van der Waals surface area contributed by atoms with Gasteiger partial charge in [-0.1, -0.05) is 0 Å². The van der Waals surface area contributed by atoms with Crippen LogP contribution in [-0.4, -0.2) is 19.7 Å². The van der Waals surface area contributed by atoms with Crippen LogP contribution >= 0.6 is 11.3 Å². The Morgan fingerprint density at radius 3 is 2.93 bits per heavy atom. The average Bonchev–Trinajstić information content (AvgIpc) is 2.71. The van der Waals surface area contributed by atoms with Crippen molar-refractivity contribution < 1.29 is 4.92 Å². The fraction of sp³-hybridized carbons (Fsp3) is 0.143. The molecule has 2 aromatic rings. The summed E-state index contributed by atoms with van der Waals surface area (Å²) in [5, 5.41) is 19.5. The Kier molecular flexibility index (Phi) is 2.01. The number of aromatic nitrogens is 3. The van der Waals surface area contributed by atoms with Crippen LogP contribution in [0.5, 0.6) is 0 Å². The molecule has 72 valence electrons. The summed E-state index contributed by atoms with van der Waals surface area (Å²) in [5.41, 5.74) is 0.0907. The van der Waals surface area contributed by atoms with Gasteiger partial charge in [0, 0.05) is 13.1 Å². The third kappa shape index (κ3) is 1.37. The molecule has 2 rings (SSSR count). The van der Waals surface area contributed by atoms with E-state index in [2.05, 4.69) is 10.2 Å². The first-order chi connectivity index (χ1) is 6.68. The van der Waals surface area contributed by atoms with Crippen LogP contribution in [0.3, 0.4) is 0 Å². The van der Waals surface area contributed by atoms with Crippen LogP contribution in [0.2, 0.25) is 0 Å². The molecular formula is C7H6N4O2S. The third-order valence-corrected chi connectivity index (χ3v) is 2.64. The van der Waals surface area contributed by atoms with Gasteiger partial charge in [0.2, 0.25) is 0 Å². The Hall–Kier alpha value is -1.76. The maximum Gasteiger partial charge on any atom is 0.280 e. The normalized spacial score (nSPS) is 10.4. The van der Waals surface area contributed by atoms with E-state index in [1.165, 1.54) is 22.8 Å². The molecule has 2 heterocycles. The van der Waals surface area contributed by atoms with E-state index in [4.69, 9.17) is 0 Å². The van der Waals surface area contributed by atoms with Gasteiger partial charge in [-0.15, -0.1) is 21.5 Å². The van der Waals surface area contributed by atoms with Gasteiger partial charge in [-0.25, -0.2) is 0 Å². The number of rotatable bonds is 2.